The Morgan fingerprint density at radius 3 is 2.22 bits per heavy atom. The highest BCUT2D eigenvalue weighted by Crippen LogP contribution is 2.26. The lowest BCUT2D eigenvalue weighted by atomic mass is 10.1. The first-order chi connectivity index (χ1) is 14.9. The van der Waals surface area contributed by atoms with Crippen molar-refractivity contribution >= 4 is 31.6 Å². The molecular formula is C22H29ClN2O5S2. The van der Waals surface area contributed by atoms with Gasteiger partial charge in [-0.05, 0) is 69.5 Å². The third-order valence-corrected chi connectivity index (χ3v) is 8.92. The number of nitrogens with one attached hydrogen (secondary N) is 1. The van der Waals surface area contributed by atoms with Crippen molar-refractivity contribution < 1.29 is 21.6 Å². The maximum atomic E-state index is 13.5. The van der Waals surface area contributed by atoms with E-state index in [0.717, 1.165) is 12.8 Å². The zero-order chi connectivity index (χ0) is 23.6. The molecular weight excluding hydrogens is 472 g/mol. The van der Waals surface area contributed by atoms with E-state index in [-0.39, 0.29) is 29.0 Å². The van der Waals surface area contributed by atoms with Gasteiger partial charge in [0.25, 0.3) is 0 Å². The van der Waals surface area contributed by atoms with Crippen LogP contribution in [-0.4, -0.2) is 45.9 Å². The van der Waals surface area contributed by atoms with Gasteiger partial charge in [0.05, 0.1) is 15.9 Å². The molecule has 0 bridgehead atoms. The van der Waals surface area contributed by atoms with Crippen molar-refractivity contribution in [3.05, 3.63) is 59.1 Å². The van der Waals surface area contributed by atoms with E-state index < -0.39 is 25.6 Å². The van der Waals surface area contributed by atoms with Crippen molar-refractivity contribution in [3.8, 4) is 0 Å². The Morgan fingerprint density at radius 2 is 1.66 bits per heavy atom. The van der Waals surface area contributed by atoms with Gasteiger partial charge >= 0.3 is 0 Å². The fraction of sp³-hybridized carbons (Fsp3) is 0.455. The molecule has 1 atom stereocenters. The number of benzene rings is 2. The van der Waals surface area contributed by atoms with Crippen LogP contribution >= 0.6 is 11.6 Å². The van der Waals surface area contributed by atoms with Gasteiger partial charge in [-0.1, -0.05) is 29.8 Å². The molecule has 0 aliphatic carbocycles. The molecule has 0 spiro atoms. The highest BCUT2D eigenvalue weighted by Gasteiger charge is 2.30. The zero-order valence-corrected chi connectivity index (χ0v) is 20.8. The smallest absolute Gasteiger partial charge is 0.243 e. The highest BCUT2D eigenvalue weighted by molar-refractivity contribution is 7.89. The minimum absolute atomic E-state index is 0.00292. The molecule has 1 aliphatic heterocycles. The zero-order valence-electron chi connectivity index (χ0n) is 18.4. The van der Waals surface area contributed by atoms with Crippen LogP contribution in [0.15, 0.2) is 58.3 Å². The molecule has 1 saturated heterocycles. The van der Waals surface area contributed by atoms with E-state index in [1.807, 2.05) is 0 Å². The van der Waals surface area contributed by atoms with Crippen LogP contribution in [-0.2, 0) is 31.3 Å². The number of nitrogens with zero attached hydrogens (tertiary/aromatic N) is 1. The molecule has 0 amide bonds. The molecule has 7 nitrogen and oxygen atoms in total. The Labute approximate surface area is 195 Å². The lowest BCUT2D eigenvalue weighted by molar-refractivity contribution is 0.0926. The third kappa shape index (κ3) is 6.30. The Morgan fingerprint density at radius 1 is 1.03 bits per heavy atom. The van der Waals surface area contributed by atoms with Crippen molar-refractivity contribution in [2.45, 2.75) is 61.6 Å². The van der Waals surface area contributed by atoms with Gasteiger partial charge in [0.1, 0.15) is 0 Å². The first-order valence-electron chi connectivity index (χ1n) is 10.4. The predicted octanol–water partition coefficient (Wildman–Crippen LogP) is 3.79. The highest BCUT2D eigenvalue weighted by atomic mass is 35.5. The van der Waals surface area contributed by atoms with Gasteiger partial charge in [-0.2, -0.15) is 4.31 Å². The minimum Gasteiger partial charge on any atom is -0.377 e. The second kappa shape index (κ2) is 9.79. The van der Waals surface area contributed by atoms with Crippen LogP contribution in [0.4, 0.5) is 0 Å². The Hall–Kier alpha value is -1.49. The molecule has 3 rings (SSSR count). The largest absolute Gasteiger partial charge is 0.377 e. The van der Waals surface area contributed by atoms with Gasteiger partial charge in [-0.15, -0.1) is 0 Å². The van der Waals surface area contributed by atoms with Crippen LogP contribution in [0.5, 0.6) is 0 Å². The second-order valence-electron chi connectivity index (χ2n) is 8.85. The number of rotatable bonds is 8. The average Bonchev–Trinajstić information content (AvgIpc) is 3.20. The summed E-state index contributed by atoms with van der Waals surface area (Å²) in [6, 6.07) is 12.4. The number of sulfonamides is 2. The summed E-state index contributed by atoms with van der Waals surface area (Å²) in [5.41, 5.74) is 0.0284. The summed E-state index contributed by atoms with van der Waals surface area (Å²) in [5.74, 6) is 0. The summed E-state index contributed by atoms with van der Waals surface area (Å²) < 4.78 is 61.6. The summed E-state index contributed by atoms with van der Waals surface area (Å²) in [6.07, 6.45) is 1.48. The molecule has 0 aromatic heterocycles. The normalized spacial score (nSPS) is 17.7. The molecule has 2 aromatic carbocycles. The number of hydrogen-bond donors (Lipinski definition) is 1. The second-order valence-corrected chi connectivity index (χ2v) is 12.9. The van der Waals surface area contributed by atoms with Gasteiger partial charge < -0.3 is 4.74 Å². The lowest BCUT2D eigenvalue weighted by Gasteiger charge is -2.25. The van der Waals surface area contributed by atoms with Gasteiger partial charge in [0, 0.05) is 30.3 Å². The number of halogens is 1. The Bertz CT molecular complexity index is 1140. The van der Waals surface area contributed by atoms with E-state index in [1.54, 1.807) is 45.0 Å². The molecule has 1 fully saturated rings. The maximum absolute atomic E-state index is 13.5. The van der Waals surface area contributed by atoms with Gasteiger partial charge in [-0.3, -0.25) is 0 Å². The van der Waals surface area contributed by atoms with Crippen molar-refractivity contribution in [1.82, 2.24) is 9.03 Å². The van der Waals surface area contributed by atoms with Crippen molar-refractivity contribution in [2.75, 3.05) is 13.2 Å². The molecule has 10 heteroatoms. The first kappa shape index (κ1) is 25.1. The van der Waals surface area contributed by atoms with Gasteiger partial charge in [0.15, 0.2) is 0 Å². The van der Waals surface area contributed by atoms with E-state index in [1.165, 1.54) is 28.6 Å². The summed E-state index contributed by atoms with van der Waals surface area (Å²) >= 11 is 6.28. The summed E-state index contributed by atoms with van der Waals surface area (Å²) in [5, 5.41) is 0.481. The summed E-state index contributed by atoms with van der Waals surface area (Å²) in [7, 11) is -7.69. The molecule has 1 aliphatic rings. The maximum Gasteiger partial charge on any atom is 0.243 e. The van der Waals surface area contributed by atoms with E-state index in [4.69, 9.17) is 16.3 Å². The van der Waals surface area contributed by atoms with Gasteiger partial charge in [0.2, 0.25) is 20.0 Å². The predicted molar refractivity (Wildman–Crippen MR) is 125 cm³/mol. The van der Waals surface area contributed by atoms with Crippen LogP contribution in [0.2, 0.25) is 5.02 Å². The monoisotopic (exact) mass is 500 g/mol. The van der Waals surface area contributed by atoms with Crippen molar-refractivity contribution in [2.24, 2.45) is 0 Å². The third-order valence-electron chi connectivity index (χ3n) is 4.95. The SMILES string of the molecule is CC(C)(C)NS(=O)(=O)c1ccc(S(=O)(=O)N(Cc2ccccc2Cl)C[C@@H]2CCCO2)cc1. The van der Waals surface area contributed by atoms with Crippen molar-refractivity contribution in [3.63, 3.8) is 0 Å². The van der Waals surface area contributed by atoms with Crippen LogP contribution < -0.4 is 4.72 Å². The van der Waals surface area contributed by atoms with E-state index >= 15 is 0 Å². The fourth-order valence-corrected chi connectivity index (χ4v) is 6.55. The Balaban J connectivity index is 1.90. The van der Waals surface area contributed by atoms with Crippen LogP contribution in [0.1, 0.15) is 39.2 Å². The lowest BCUT2D eigenvalue weighted by Crippen LogP contribution is -2.40. The Kier molecular flexibility index (Phi) is 7.69. The molecule has 32 heavy (non-hydrogen) atoms. The standard InChI is InChI=1S/C22H29ClN2O5S2/c1-22(2,3)24-31(26,27)19-10-12-20(13-11-19)32(28,29)25(16-18-8-6-14-30-18)15-17-7-4-5-9-21(17)23/h4-5,7,9-13,18,24H,6,8,14-16H2,1-3H3/t18-/m0/s1. The molecule has 1 N–H and O–H groups in total. The van der Waals surface area contributed by atoms with E-state index in [9.17, 15) is 16.8 Å². The summed E-state index contributed by atoms with van der Waals surface area (Å²) in [6.45, 7) is 6.11. The average molecular weight is 501 g/mol. The van der Waals surface area contributed by atoms with E-state index in [2.05, 4.69) is 4.72 Å². The molecule has 1 heterocycles. The van der Waals surface area contributed by atoms with Crippen molar-refractivity contribution in [1.29, 1.82) is 0 Å². The molecule has 0 unspecified atom stereocenters. The molecule has 0 saturated carbocycles. The topological polar surface area (TPSA) is 92.8 Å². The summed E-state index contributed by atoms with van der Waals surface area (Å²) in [4.78, 5) is 0.0143. The molecule has 2 aromatic rings. The van der Waals surface area contributed by atoms with Gasteiger partial charge in [-0.25, -0.2) is 21.6 Å². The fourth-order valence-electron chi connectivity index (χ4n) is 3.48. The molecule has 176 valence electrons. The first-order valence-corrected chi connectivity index (χ1v) is 13.7. The van der Waals surface area contributed by atoms with E-state index in [0.29, 0.717) is 17.2 Å². The minimum atomic E-state index is -3.92. The quantitative estimate of drug-likeness (QED) is 0.595. The van der Waals surface area contributed by atoms with Crippen LogP contribution in [0.25, 0.3) is 0 Å². The number of hydrogen-bond acceptors (Lipinski definition) is 5. The van der Waals surface area contributed by atoms with Crippen LogP contribution in [0, 0.1) is 0 Å². The van der Waals surface area contributed by atoms with Crippen LogP contribution in [0.3, 0.4) is 0 Å². The number of ether oxygens (including phenoxy) is 1. The molecule has 0 radical (unpaired) electrons.